The van der Waals surface area contributed by atoms with E-state index in [1.807, 2.05) is 25.6 Å². The van der Waals surface area contributed by atoms with Crippen molar-refractivity contribution in [3.8, 4) is 6.07 Å². The van der Waals surface area contributed by atoms with Gasteiger partial charge in [0, 0.05) is 11.4 Å². The normalized spacial score (nSPS) is 11.2. The van der Waals surface area contributed by atoms with E-state index in [4.69, 9.17) is 5.26 Å². The predicted molar refractivity (Wildman–Crippen MR) is 74.2 cm³/mol. The summed E-state index contributed by atoms with van der Waals surface area (Å²) in [7, 11) is 0. The number of thioether (sulfide) groups is 1. The smallest absolute Gasteiger partial charge is 0.101 e. The van der Waals surface area contributed by atoms with Gasteiger partial charge >= 0.3 is 0 Å². The van der Waals surface area contributed by atoms with Gasteiger partial charge in [-0.25, -0.2) is 0 Å². The van der Waals surface area contributed by atoms with E-state index in [0.29, 0.717) is 0 Å². The van der Waals surface area contributed by atoms with Crippen LogP contribution in [0, 0.1) is 11.3 Å². The standard InChI is InChI=1S/C14H20N2S/c1-4-17-13-7-5-12(6-8-13)9-10-16-14(2,3)11-15/h5-8,16H,4,9-10H2,1-3H3. The van der Waals surface area contributed by atoms with Crippen LogP contribution in [-0.4, -0.2) is 17.8 Å². The first kappa shape index (κ1) is 14.1. The third-order valence-electron chi connectivity index (χ3n) is 2.49. The van der Waals surface area contributed by atoms with Crippen LogP contribution < -0.4 is 5.32 Å². The van der Waals surface area contributed by atoms with E-state index in [2.05, 4.69) is 42.6 Å². The minimum atomic E-state index is -0.433. The monoisotopic (exact) mass is 248 g/mol. The van der Waals surface area contributed by atoms with Crippen molar-refractivity contribution in [2.45, 2.75) is 37.6 Å². The van der Waals surface area contributed by atoms with E-state index in [0.717, 1.165) is 18.7 Å². The second-order valence-electron chi connectivity index (χ2n) is 4.49. The molecule has 1 aromatic rings. The number of benzene rings is 1. The molecule has 17 heavy (non-hydrogen) atoms. The predicted octanol–water partition coefficient (Wildman–Crippen LogP) is 3.23. The number of hydrogen-bond acceptors (Lipinski definition) is 3. The van der Waals surface area contributed by atoms with Gasteiger partial charge in [0.25, 0.3) is 0 Å². The van der Waals surface area contributed by atoms with Crippen molar-refractivity contribution in [3.05, 3.63) is 29.8 Å². The van der Waals surface area contributed by atoms with Crippen LogP contribution in [0.1, 0.15) is 26.3 Å². The molecular formula is C14H20N2S. The zero-order valence-corrected chi connectivity index (χ0v) is 11.6. The molecule has 1 N–H and O–H groups in total. The third-order valence-corrected chi connectivity index (χ3v) is 3.39. The average Bonchev–Trinajstić information content (AvgIpc) is 2.32. The molecule has 0 atom stereocenters. The molecule has 1 aromatic carbocycles. The SMILES string of the molecule is CCSc1ccc(CCNC(C)(C)C#N)cc1. The van der Waals surface area contributed by atoms with E-state index in [1.165, 1.54) is 10.5 Å². The minimum absolute atomic E-state index is 0.433. The number of nitriles is 1. The number of hydrogen-bond donors (Lipinski definition) is 1. The van der Waals surface area contributed by atoms with Gasteiger partial charge < -0.3 is 0 Å². The highest BCUT2D eigenvalue weighted by molar-refractivity contribution is 7.99. The first-order valence-corrected chi connectivity index (χ1v) is 6.94. The van der Waals surface area contributed by atoms with Gasteiger partial charge in [-0.15, -0.1) is 11.8 Å². The quantitative estimate of drug-likeness (QED) is 0.785. The average molecular weight is 248 g/mol. The van der Waals surface area contributed by atoms with Crippen molar-refractivity contribution in [1.82, 2.24) is 5.32 Å². The molecular weight excluding hydrogens is 228 g/mol. The van der Waals surface area contributed by atoms with Crippen LogP contribution in [-0.2, 0) is 6.42 Å². The zero-order valence-electron chi connectivity index (χ0n) is 10.8. The number of rotatable bonds is 6. The lowest BCUT2D eigenvalue weighted by Gasteiger charge is -2.17. The Morgan fingerprint density at radius 1 is 1.29 bits per heavy atom. The summed E-state index contributed by atoms with van der Waals surface area (Å²) in [4.78, 5) is 1.32. The summed E-state index contributed by atoms with van der Waals surface area (Å²) in [6.07, 6.45) is 0.960. The second kappa shape index (κ2) is 6.68. The summed E-state index contributed by atoms with van der Waals surface area (Å²) in [6, 6.07) is 10.9. The van der Waals surface area contributed by atoms with Crippen LogP contribution in [0.25, 0.3) is 0 Å². The molecule has 1 rings (SSSR count). The van der Waals surface area contributed by atoms with Crippen LogP contribution in [0.5, 0.6) is 0 Å². The lowest BCUT2D eigenvalue weighted by molar-refractivity contribution is 0.490. The summed E-state index contributed by atoms with van der Waals surface area (Å²) in [6.45, 7) is 6.79. The molecule has 0 bridgehead atoms. The van der Waals surface area contributed by atoms with Gasteiger partial charge in [-0.05, 0) is 43.7 Å². The molecule has 0 aliphatic rings. The highest BCUT2D eigenvalue weighted by Crippen LogP contribution is 2.17. The first-order chi connectivity index (χ1) is 8.07. The Balaban J connectivity index is 2.40. The highest BCUT2D eigenvalue weighted by atomic mass is 32.2. The maximum Gasteiger partial charge on any atom is 0.101 e. The molecule has 0 aromatic heterocycles. The molecule has 0 heterocycles. The second-order valence-corrected chi connectivity index (χ2v) is 5.83. The molecule has 0 saturated carbocycles. The summed E-state index contributed by atoms with van der Waals surface area (Å²) >= 11 is 1.86. The number of nitrogens with one attached hydrogen (secondary N) is 1. The minimum Gasteiger partial charge on any atom is -0.300 e. The van der Waals surface area contributed by atoms with Gasteiger partial charge in [-0.3, -0.25) is 5.32 Å². The van der Waals surface area contributed by atoms with Crippen molar-refractivity contribution in [1.29, 1.82) is 5.26 Å². The Hall–Kier alpha value is -0.980. The molecule has 0 aliphatic heterocycles. The molecule has 3 heteroatoms. The van der Waals surface area contributed by atoms with E-state index >= 15 is 0 Å². The van der Waals surface area contributed by atoms with Crippen LogP contribution >= 0.6 is 11.8 Å². The van der Waals surface area contributed by atoms with Gasteiger partial charge in [0.15, 0.2) is 0 Å². The summed E-state index contributed by atoms with van der Waals surface area (Å²) in [5.41, 5.74) is 0.879. The molecule has 0 saturated heterocycles. The lowest BCUT2D eigenvalue weighted by Crippen LogP contribution is -2.38. The first-order valence-electron chi connectivity index (χ1n) is 5.95. The maximum atomic E-state index is 8.87. The zero-order chi connectivity index (χ0) is 12.7. The fourth-order valence-corrected chi connectivity index (χ4v) is 2.14. The maximum absolute atomic E-state index is 8.87. The van der Waals surface area contributed by atoms with Gasteiger partial charge in [-0.1, -0.05) is 19.1 Å². The van der Waals surface area contributed by atoms with E-state index < -0.39 is 5.54 Å². The Kier molecular flexibility index (Phi) is 5.54. The van der Waals surface area contributed by atoms with E-state index in [9.17, 15) is 0 Å². The van der Waals surface area contributed by atoms with Crippen molar-refractivity contribution in [3.63, 3.8) is 0 Å². The van der Waals surface area contributed by atoms with Crippen molar-refractivity contribution in [2.24, 2.45) is 0 Å². The Morgan fingerprint density at radius 3 is 2.47 bits per heavy atom. The summed E-state index contributed by atoms with van der Waals surface area (Å²) < 4.78 is 0. The van der Waals surface area contributed by atoms with Crippen LogP contribution in [0.4, 0.5) is 0 Å². The Bertz CT molecular complexity index is 376. The van der Waals surface area contributed by atoms with Crippen LogP contribution in [0.15, 0.2) is 29.2 Å². The van der Waals surface area contributed by atoms with Gasteiger partial charge in [-0.2, -0.15) is 5.26 Å². The van der Waals surface area contributed by atoms with Crippen molar-refractivity contribution < 1.29 is 0 Å². The molecule has 92 valence electrons. The van der Waals surface area contributed by atoms with Gasteiger partial charge in [0.1, 0.15) is 5.54 Å². The molecule has 0 amide bonds. The van der Waals surface area contributed by atoms with Crippen LogP contribution in [0.3, 0.4) is 0 Å². The van der Waals surface area contributed by atoms with Gasteiger partial charge in [0.05, 0.1) is 6.07 Å². The Labute approximate surface area is 108 Å². The fourth-order valence-electron chi connectivity index (χ4n) is 1.48. The largest absolute Gasteiger partial charge is 0.300 e. The molecule has 0 spiro atoms. The molecule has 0 radical (unpaired) electrons. The fraction of sp³-hybridized carbons (Fsp3) is 0.500. The molecule has 2 nitrogen and oxygen atoms in total. The van der Waals surface area contributed by atoms with E-state index in [1.54, 1.807) is 0 Å². The number of nitrogens with zero attached hydrogens (tertiary/aromatic N) is 1. The molecule has 0 unspecified atom stereocenters. The topological polar surface area (TPSA) is 35.8 Å². The molecule has 0 fully saturated rings. The third kappa shape index (κ3) is 5.25. The summed E-state index contributed by atoms with van der Waals surface area (Å²) in [5, 5.41) is 12.1. The Morgan fingerprint density at radius 2 is 1.94 bits per heavy atom. The van der Waals surface area contributed by atoms with Crippen molar-refractivity contribution >= 4 is 11.8 Å². The summed E-state index contributed by atoms with van der Waals surface area (Å²) in [5.74, 6) is 1.11. The van der Waals surface area contributed by atoms with Crippen molar-refractivity contribution in [2.75, 3.05) is 12.3 Å². The van der Waals surface area contributed by atoms with E-state index in [-0.39, 0.29) is 0 Å². The lowest BCUT2D eigenvalue weighted by atomic mass is 10.1. The highest BCUT2D eigenvalue weighted by Gasteiger charge is 2.14. The van der Waals surface area contributed by atoms with Gasteiger partial charge in [0.2, 0.25) is 0 Å². The molecule has 0 aliphatic carbocycles. The van der Waals surface area contributed by atoms with Crippen LogP contribution in [0.2, 0.25) is 0 Å².